The highest BCUT2D eigenvalue weighted by molar-refractivity contribution is 6.30. The molecule has 1 atom stereocenters. The molecule has 33 heavy (non-hydrogen) atoms. The molecule has 0 amide bonds. The minimum absolute atomic E-state index is 0.386. The summed E-state index contributed by atoms with van der Waals surface area (Å²) in [6.07, 6.45) is 5.52. The molecule has 6 heteroatoms. The number of aromatic nitrogens is 2. The maximum atomic E-state index is 10.6. The number of ether oxygens (including phenoxy) is 1. The quantitative estimate of drug-likeness (QED) is 0.325. The van der Waals surface area contributed by atoms with Gasteiger partial charge in [-0.15, -0.1) is 6.58 Å². The summed E-state index contributed by atoms with van der Waals surface area (Å²) in [6.45, 7) is 8.04. The van der Waals surface area contributed by atoms with Gasteiger partial charge < -0.3 is 9.84 Å². The molecule has 1 N–H and O–H groups in total. The first kappa shape index (κ1) is 23.6. The van der Waals surface area contributed by atoms with Crippen molar-refractivity contribution in [1.29, 1.82) is 0 Å². The van der Waals surface area contributed by atoms with E-state index in [4.69, 9.17) is 21.4 Å². The highest BCUT2D eigenvalue weighted by atomic mass is 35.5. The van der Waals surface area contributed by atoms with Crippen molar-refractivity contribution in [2.75, 3.05) is 13.1 Å². The van der Waals surface area contributed by atoms with Crippen LogP contribution in [0.15, 0.2) is 67.3 Å². The summed E-state index contributed by atoms with van der Waals surface area (Å²) in [4.78, 5) is 2.34. The van der Waals surface area contributed by atoms with Gasteiger partial charge in [-0.05, 0) is 68.9 Å². The van der Waals surface area contributed by atoms with E-state index < -0.39 is 0 Å². The van der Waals surface area contributed by atoms with E-state index in [2.05, 4.69) is 11.5 Å². The maximum absolute atomic E-state index is 10.6. The van der Waals surface area contributed by atoms with Gasteiger partial charge in [-0.25, -0.2) is 4.68 Å². The van der Waals surface area contributed by atoms with Gasteiger partial charge in [0.2, 0.25) is 5.88 Å². The highest BCUT2D eigenvalue weighted by Gasteiger charge is 2.28. The van der Waals surface area contributed by atoms with Crippen LogP contribution in [0, 0.1) is 12.8 Å². The Labute approximate surface area is 201 Å². The number of aliphatic hydroxyl groups is 1. The second-order valence-corrected chi connectivity index (χ2v) is 9.27. The van der Waals surface area contributed by atoms with E-state index in [1.54, 1.807) is 0 Å². The lowest BCUT2D eigenvalue weighted by Gasteiger charge is -2.25. The topological polar surface area (TPSA) is 50.5 Å². The van der Waals surface area contributed by atoms with Gasteiger partial charge in [0, 0.05) is 24.7 Å². The zero-order valence-electron chi connectivity index (χ0n) is 19.2. The summed E-state index contributed by atoms with van der Waals surface area (Å²) in [5.74, 6) is 2.14. The fourth-order valence-corrected chi connectivity index (χ4v) is 4.19. The molecule has 1 heterocycles. The van der Waals surface area contributed by atoms with Crippen LogP contribution < -0.4 is 4.74 Å². The van der Waals surface area contributed by atoms with Crippen molar-refractivity contribution >= 4 is 11.6 Å². The van der Waals surface area contributed by atoms with Crippen LogP contribution in [-0.4, -0.2) is 39.0 Å². The van der Waals surface area contributed by atoms with Crippen molar-refractivity contribution in [2.24, 2.45) is 5.92 Å². The van der Waals surface area contributed by atoms with Crippen molar-refractivity contribution < 1.29 is 9.84 Å². The second kappa shape index (κ2) is 11.0. The summed E-state index contributed by atoms with van der Waals surface area (Å²) in [5, 5.41) is 16.1. The molecule has 0 aliphatic heterocycles. The van der Waals surface area contributed by atoms with Crippen molar-refractivity contribution in [3.05, 3.63) is 83.5 Å². The second-order valence-electron chi connectivity index (χ2n) is 8.83. The number of aliphatic hydroxyl groups excluding tert-OH is 1. The minimum Gasteiger partial charge on any atom is -0.439 e. The van der Waals surface area contributed by atoms with Crippen LogP contribution in [0.25, 0.3) is 5.69 Å². The van der Waals surface area contributed by atoms with E-state index in [1.165, 1.54) is 12.8 Å². The Kier molecular flexibility index (Phi) is 7.86. The van der Waals surface area contributed by atoms with Crippen LogP contribution in [0.2, 0.25) is 5.02 Å². The molecule has 1 aromatic heterocycles. The molecule has 3 aromatic rings. The van der Waals surface area contributed by atoms with E-state index in [0.717, 1.165) is 42.1 Å². The predicted octanol–water partition coefficient (Wildman–Crippen LogP) is 6.17. The average molecular weight is 466 g/mol. The molecule has 1 fully saturated rings. The molecule has 5 nitrogen and oxygen atoms in total. The number of rotatable bonds is 12. The van der Waals surface area contributed by atoms with Crippen LogP contribution in [0.1, 0.15) is 36.9 Å². The van der Waals surface area contributed by atoms with Crippen LogP contribution in [0.3, 0.4) is 0 Å². The summed E-state index contributed by atoms with van der Waals surface area (Å²) in [6, 6.07) is 17.4. The SMILES string of the molecule is C=CCC[C@@H](O)CN(Cc1c(C)nn(-c2cccc(Cl)c2)c1Oc1ccccc1)CC1CC1. The van der Waals surface area contributed by atoms with E-state index in [9.17, 15) is 5.11 Å². The number of nitrogens with zero attached hydrogens (tertiary/aromatic N) is 3. The molecular formula is C27H32ClN3O2. The number of para-hydroxylation sites is 1. The van der Waals surface area contributed by atoms with Crippen LogP contribution in [0.4, 0.5) is 0 Å². The molecule has 1 aliphatic rings. The van der Waals surface area contributed by atoms with Gasteiger partial charge in [0.25, 0.3) is 0 Å². The van der Waals surface area contributed by atoms with Gasteiger partial charge >= 0.3 is 0 Å². The van der Waals surface area contributed by atoms with Gasteiger partial charge in [0.05, 0.1) is 23.0 Å². The van der Waals surface area contributed by atoms with Crippen molar-refractivity contribution in [1.82, 2.24) is 14.7 Å². The Balaban J connectivity index is 1.67. The lowest BCUT2D eigenvalue weighted by Crippen LogP contribution is -2.34. The molecule has 2 aromatic carbocycles. The zero-order valence-corrected chi connectivity index (χ0v) is 19.9. The Bertz CT molecular complexity index is 1060. The van der Waals surface area contributed by atoms with E-state index in [-0.39, 0.29) is 6.10 Å². The van der Waals surface area contributed by atoms with Crippen LogP contribution in [0.5, 0.6) is 11.6 Å². The molecular weight excluding hydrogens is 434 g/mol. The van der Waals surface area contributed by atoms with Crippen molar-refractivity contribution in [3.8, 4) is 17.3 Å². The van der Waals surface area contributed by atoms with Crippen molar-refractivity contribution in [2.45, 2.75) is 45.3 Å². The first-order valence-corrected chi connectivity index (χ1v) is 12.0. The first-order chi connectivity index (χ1) is 16.0. The van der Waals surface area contributed by atoms with Gasteiger partial charge in [0.1, 0.15) is 5.75 Å². The third-order valence-electron chi connectivity index (χ3n) is 5.92. The largest absolute Gasteiger partial charge is 0.439 e. The lowest BCUT2D eigenvalue weighted by atomic mass is 10.1. The lowest BCUT2D eigenvalue weighted by molar-refractivity contribution is 0.0991. The number of hydrogen-bond donors (Lipinski definition) is 1. The van der Waals surface area contributed by atoms with Crippen LogP contribution in [-0.2, 0) is 6.54 Å². The molecule has 0 spiro atoms. The predicted molar refractivity (Wildman–Crippen MR) is 133 cm³/mol. The minimum atomic E-state index is -0.386. The average Bonchev–Trinajstić information content (AvgIpc) is 3.57. The van der Waals surface area contributed by atoms with Crippen molar-refractivity contribution in [3.63, 3.8) is 0 Å². The number of aryl methyl sites for hydroxylation is 1. The smallest absolute Gasteiger partial charge is 0.227 e. The molecule has 1 saturated carbocycles. The summed E-state index contributed by atoms with van der Waals surface area (Å²) >= 11 is 6.28. The van der Waals surface area contributed by atoms with Gasteiger partial charge in [-0.3, -0.25) is 4.90 Å². The van der Waals surface area contributed by atoms with Gasteiger partial charge in [0.15, 0.2) is 0 Å². The van der Waals surface area contributed by atoms with Crippen LogP contribution >= 0.6 is 11.6 Å². The van der Waals surface area contributed by atoms with E-state index >= 15 is 0 Å². The summed E-state index contributed by atoms with van der Waals surface area (Å²) in [5.41, 5.74) is 2.78. The number of allylic oxidation sites excluding steroid dienone is 1. The standard InChI is InChI=1S/C27H32ClN3O2/c1-3-4-11-24(32)18-30(17-21-14-15-21)19-26-20(2)29-31(23-10-8-9-22(28)16-23)27(26)33-25-12-6-5-7-13-25/h3,5-10,12-13,16,21,24,32H,1,4,11,14-15,17-19H2,2H3/t24-/m1/s1. The monoisotopic (exact) mass is 465 g/mol. The number of benzene rings is 2. The Hall–Kier alpha value is -2.60. The Morgan fingerprint density at radius 2 is 2.03 bits per heavy atom. The Morgan fingerprint density at radius 1 is 1.24 bits per heavy atom. The number of hydrogen-bond acceptors (Lipinski definition) is 4. The third-order valence-corrected chi connectivity index (χ3v) is 6.15. The fourth-order valence-electron chi connectivity index (χ4n) is 4.00. The first-order valence-electron chi connectivity index (χ1n) is 11.6. The summed E-state index contributed by atoms with van der Waals surface area (Å²) < 4.78 is 8.23. The van der Waals surface area contributed by atoms with E-state index in [0.29, 0.717) is 29.9 Å². The van der Waals surface area contributed by atoms with Gasteiger partial charge in [-0.2, -0.15) is 5.10 Å². The summed E-state index contributed by atoms with van der Waals surface area (Å²) in [7, 11) is 0. The zero-order chi connectivity index (χ0) is 23.2. The van der Waals surface area contributed by atoms with Gasteiger partial charge in [-0.1, -0.05) is 41.9 Å². The number of halogens is 1. The normalized spacial score (nSPS) is 14.4. The molecule has 174 valence electrons. The maximum Gasteiger partial charge on any atom is 0.227 e. The third kappa shape index (κ3) is 6.47. The van der Waals surface area contributed by atoms with E-state index in [1.807, 2.05) is 72.3 Å². The molecule has 1 aliphatic carbocycles. The molecule has 0 unspecified atom stereocenters. The molecule has 0 bridgehead atoms. The highest BCUT2D eigenvalue weighted by Crippen LogP contribution is 2.34. The Morgan fingerprint density at radius 3 is 2.73 bits per heavy atom. The molecule has 0 radical (unpaired) electrons. The molecule has 4 rings (SSSR count). The fraction of sp³-hybridized carbons (Fsp3) is 0.370. The molecule has 0 saturated heterocycles.